The van der Waals surface area contributed by atoms with Crippen molar-refractivity contribution in [3.63, 3.8) is 0 Å². The van der Waals surface area contributed by atoms with Gasteiger partial charge in [0.1, 0.15) is 18.5 Å². The molecule has 1 unspecified atom stereocenters. The predicted molar refractivity (Wildman–Crippen MR) is 105 cm³/mol. The first-order valence-corrected chi connectivity index (χ1v) is 8.91. The predicted octanol–water partition coefficient (Wildman–Crippen LogP) is 1.17. The molecule has 0 radical (unpaired) electrons. The zero-order valence-electron chi connectivity index (χ0n) is 16.3. The highest BCUT2D eigenvalue weighted by Crippen LogP contribution is 2.17. The fourth-order valence-corrected chi connectivity index (χ4v) is 2.47. The number of guanidine groups is 1. The van der Waals surface area contributed by atoms with Crippen LogP contribution >= 0.6 is 0 Å². The molecule has 10 heteroatoms. The Hall–Kier alpha value is -3.14. The first-order chi connectivity index (χ1) is 13.4. The van der Waals surface area contributed by atoms with Gasteiger partial charge < -0.3 is 20.1 Å². The smallest absolute Gasteiger partial charge is 0.269 e. The van der Waals surface area contributed by atoms with Crippen molar-refractivity contribution < 1.29 is 14.8 Å². The van der Waals surface area contributed by atoms with Crippen molar-refractivity contribution in [2.75, 3.05) is 26.7 Å². The van der Waals surface area contributed by atoms with Crippen LogP contribution in [0.15, 0.2) is 41.7 Å². The molecule has 1 heterocycles. The lowest BCUT2D eigenvalue weighted by Gasteiger charge is -2.22. The number of aromatic nitrogens is 2. The van der Waals surface area contributed by atoms with Crippen LogP contribution in [0.25, 0.3) is 0 Å². The average Bonchev–Trinajstić information content (AvgIpc) is 3.08. The fourth-order valence-electron chi connectivity index (χ4n) is 2.47. The van der Waals surface area contributed by atoms with E-state index in [1.165, 1.54) is 24.3 Å². The van der Waals surface area contributed by atoms with Crippen molar-refractivity contribution in [2.45, 2.75) is 19.6 Å². The summed E-state index contributed by atoms with van der Waals surface area (Å²) in [5, 5.41) is 28.1. The normalized spacial score (nSPS) is 12.5. The van der Waals surface area contributed by atoms with Gasteiger partial charge in [-0.25, -0.2) is 0 Å². The summed E-state index contributed by atoms with van der Waals surface area (Å²) in [6, 6.07) is 5.72. The number of aliphatic imine (C=N–C) groups is 1. The van der Waals surface area contributed by atoms with Crippen LogP contribution in [-0.2, 0) is 13.6 Å². The number of nitro groups is 1. The summed E-state index contributed by atoms with van der Waals surface area (Å²) in [6.45, 7) is 3.50. The minimum absolute atomic E-state index is 0.00978. The second-order valence-electron chi connectivity index (χ2n) is 6.29. The molecule has 0 saturated heterocycles. The molecular formula is C18H26N6O4. The molecule has 0 aliphatic rings. The maximum atomic E-state index is 10.6. The molecule has 2 N–H and O–H groups in total. The van der Waals surface area contributed by atoms with Crippen LogP contribution in [-0.4, -0.2) is 63.5 Å². The van der Waals surface area contributed by atoms with Crippen LogP contribution in [0, 0.1) is 10.1 Å². The number of rotatable bonds is 9. The standard InChI is InChI=1S/C18H26N6O4/c1-4-19-18(22(2)11-14-9-21-23(3)12-14)20-10-16(25)13-28-17-7-5-15(6-8-17)24(26)27/h5-9,12,16,25H,4,10-11,13H2,1-3H3,(H,19,20). The number of aryl methyl sites for hydroxylation is 1. The molecule has 28 heavy (non-hydrogen) atoms. The van der Waals surface area contributed by atoms with Crippen LogP contribution in [0.3, 0.4) is 0 Å². The second kappa shape index (κ2) is 10.3. The monoisotopic (exact) mass is 390 g/mol. The van der Waals surface area contributed by atoms with Gasteiger partial charge in [0.05, 0.1) is 17.7 Å². The number of non-ortho nitro benzene ring substituents is 1. The number of aliphatic hydroxyl groups is 1. The van der Waals surface area contributed by atoms with Crippen molar-refractivity contribution in [2.24, 2.45) is 12.0 Å². The Bertz CT molecular complexity index is 790. The van der Waals surface area contributed by atoms with Gasteiger partial charge in [-0.05, 0) is 19.1 Å². The molecule has 0 saturated carbocycles. The molecule has 0 aliphatic carbocycles. The Kier molecular flexibility index (Phi) is 7.76. The molecule has 1 atom stereocenters. The van der Waals surface area contributed by atoms with Crippen LogP contribution in [0.1, 0.15) is 12.5 Å². The summed E-state index contributed by atoms with van der Waals surface area (Å²) in [5.74, 6) is 1.12. The number of aliphatic hydroxyl groups excluding tert-OH is 1. The SMILES string of the molecule is CCNC(=NCC(O)COc1ccc([N+](=O)[O-])cc1)N(C)Cc1cnn(C)c1. The van der Waals surface area contributed by atoms with Crippen molar-refractivity contribution >= 4 is 11.6 Å². The topological polar surface area (TPSA) is 118 Å². The Morgan fingerprint density at radius 1 is 1.46 bits per heavy atom. The first kappa shape index (κ1) is 21.2. The van der Waals surface area contributed by atoms with Crippen molar-refractivity contribution in [1.29, 1.82) is 0 Å². The van der Waals surface area contributed by atoms with E-state index in [4.69, 9.17) is 4.74 Å². The quantitative estimate of drug-likeness (QED) is 0.285. The Morgan fingerprint density at radius 2 is 2.18 bits per heavy atom. The van der Waals surface area contributed by atoms with E-state index in [1.54, 1.807) is 10.9 Å². The van der Waals surface area contributed by atoms with Crippen molar-refractivity contribution in [3.05, 3.63) is 52.3 Å². The van der Waals surface area contributed by atoms with Gasteiger partial charge in [-0.2, -0.15) is 5.10 Å². The Morgan fingerprint density at radius 3 is 2.75 bits per heavy atom. The minimum atomic E-state index is -0.810. The summed E-state index contributed by atoms with van der Waals surface area (Å²) >= 11 is 0. The Labute approximate surface area is 163 Å². The summed E-state index contributed by atoms with van der Waals surface area (Å²) in [6.07, 6.45) is 2.93. The number of nitrogens with zero attached hydrogens (tertiary/aromatic N) is 5. The van der Waals surface area contributed by atoms with Gasteiger partial charge in [0.2, 0.25) is 0 Å². The molecule has 10 nitrogen and oxygen atoms in total. The third-order valence-corrected chi connectivity index (χ3v) is 3.82. The molecule has 0 amide bonds. The van der Waals surface area contributed by atoms with Crippen molar-refractivity contribution in [3.8, 4) is 5.75 Å². The maximum Gasteiger partial charge on any atom is 0.269 e. The van der Waals surface area contributed by atoms with Gasteiger partial charge in [-0.1, -0.05) is 0 Å². The van der Waals surface area contributed by atoms with Crippen molar-refractivity contribution in [1.82, 2.24) is 20.0 Å². The van der Waals surface area contributed by atoms with E-state index in [9.17, 15) is 15.2 Å². The fraction of sp³-hybridized carbons (Fsp3) is 0.444. The third-order valence-electron chi connectivity index (χ3n) is 3.82. The average molecular weight is 390 g/mol. The van der Waals surface area contributed by atoms with Gasteiger partial charge >= 0.3 is 0 Å². The molecule has 152 valence electrons. The van der Waals surface area contributed by atoms with Crippen LogP contribution in [0.5, 0.6) is 5.75 Å². The number of hydrogen-bond acceptors (Lipinski definition) is 6. The molecule has 2 aromatic rings. The largest absolute Gasteiger partial charge is 0.491 e. The number of ether oxygens (including phenoxy) is 1. The van der Waals surface area contributed by atoms with Crippen LogP contribution < -0.4 is 10.1 Å². The summed E-state index contributed by atoms with van der Waals surface area (Å²) in [7, 11) is 3.78. The zero-order valence-corrected chi connectivity index (χ0v) is 16.3. The lowest BCUT2D eigenvalue weighted by atomic mass is 10.3. The van der Waals surface area contributed by atoms with E-state index in [0.29, 0.717) is 24.8 Å². The third kappa shape index (κ3) is 6.54. The van der Waals surface area contributed by atoms with Gasteiger partial charge in [-0.3, -0.25) is 19.8 Å². The van der Waals surface area contributed by atoms with E-state index in [-0.39, 0.29) is 18.8 Å². The summed E-state index contributed by atoms with van der Waals surface area (Å²) in [4.78, 5) is 16.6. The van der Waals surface area contributed by atoms with Gasteiger partial charge in [0.15, 0.2) is 5.96 Å². The number of hydrogen-bond donors (Lipinski definition) is 2. The molecule has 0 spiro atoms. The minimum Gasteiger partial charge on any atom is -0.491 e. The summed E-state index contributed by atoms with van der Waals surface area (Å²) < 4.78 is 7.21. The zero-order chi connectivity index (χ0) is 20.5. The summed E-state index contributed by atoms with van der Waals surface area (Å²) in [5.41, 5.74) is 1.04. The second-order valence-corrected chi connectivity index (χ2v) is 6.29. The van der Waals surface area contributed by atoms with Gasteiger partial charge in [0.25, 0.3) is 5.69 Å². The maximum absolute atomic E-state index is 10.6. The van der Waals surface area contributed by atoms with E-state index in [0.717, 1.165) is 5.56 Å². The van der Waals surface area contributed by atoms with E-state index < -0.39 is 11.0 Å². The highest BCUT2D eigenvalue weighted by molar-refractivity contribution is 5.79. The Balaban J connectivity index is 1.87. The van der Waals surface area contributed by atoms with E-state index in [2.05, 4.69) is 15.4 Å². The lowest BCUT2D eigenvalue weighted by molar-refractivity contribution is -0.384. The van der Waals surface area contributed by atoms with Crippen LogP contribution in [0.2, 0.25) is 0 Å². The molecule has 2 rings (SSSR count). The van der Waals surface area contributed by atoms with Crippen LogP contribution in [0.4, 0.5) is 5.69 Å². The molecular weight excluding hydrogens is 364 g/mol. The van der Waals surface area contributed by atoms with Gasteiger partial charge in [-0.15, -0.1) is 0 Å². The highest BCUT2D eigenvalue weighted by Gasteiger charge is 2.11. The molecule has 1 aromatic heterocycles. The van der Waals surface area contributed by atoms with E-state index in [1.807, 2.05) is 32.1 Å². The van der Waals surface area contributed by atoms with E-state index >= 15 is 0 Å². The number of nitrogens with one attached hydrogen (secondary N) is 1. The molecule has 0 fully saturated rings. The molecule has 1 aromatic carbocycles. The number of benzene rings is 1. The molecule has 0 aliphatic heterocycles. The number of nitro benzene ring substituents is 1. The lowest BCUT2D eigenvalue weighted by Crippen LogP contribution is -2.39. The molecule has 0 bridgehead atoms. The van der Waals surface area contributed by atoms with Gasteiger partial charge in [0, 0.05) is 51.1 Å². The first-order valence-electron chi connectivity index (χ1n) is 8.91. The highest BCUT2D eigenvalue weighted by atomic mass is 16.6.